The van der Waals surface area contributed by atoms with Crippen LogP contribution >= 0.6 is 0 Å². The fourth-order valence-electron chi connectivity index (χ4n) is 2.82. The minimum Gasteiger partial charge on any atom is -0.442 e. The van der Waals surface area contributed by atoms with E-state index in [2.05, 4.69) is 22.9 Å². The summed E-state index contributed by atoms with van der Waals surface area (Å²) in [7, 11) is 0. The van der Waals surface area contributed by atoms with E-state index in [1.165, 1.54) is 12.6 Å². The van der Waals surface area contributed by atoms with Crippen molar-refractivity contribution in [3.63, 3.8) is 0 Å². The molecule has 4 N–H and O–H groups in total. The Morgan fingerprint density at radius 1 is 1.32 bits per heavy atom. The molecule has 28 heavy (non-hydrogen) atoms. The van der Waals surface area contributed by atoms with Gasteiger partial charge in [0.1, 0.15) is 5.71 Å². The summed E-state index contributed by atoms with van der Waals surface area (Å²) in [5, 5.41) is 20.3. The van der Waals surface area contributed by atoms with E-state index in [9.17, 15) is 10.1 Å². The lowest BCUT2D eigenvalue weighted by atomic mass is 9.96. The normalized spacial score (nSPS) is 10.1. The Morgan fingerprint density at radius 3 is 2.75 bits per heavy atom. The first-order valence-electron chi connectivity index (χ1n) is 8.30. The number of nitrogens with two attached hydrogens (primary N) is 1. The van der Waals surface area contributed by atoms with E-state index in [0.717, 1.165) is 0 Å². The fraction of sp³-hybridized carbons (Fsp3) is 0.0476. The third-order valence-corrected chi connectivity index (χ3v) is 4.12. The highest BCUT2D eigenvalue weighted by molar-refractivity contribution is 6.13. The quantitative estimate of drug-likeness (QED) is 0.464. The topological polar surface area (TPSA) is 129 Å². The number of carbonyl (C=O) groups excluding carboxylic acids is 1. The summed E-state index contributed by atoms with van der Waals surface area (Å²) in [6.07, 6.45) is 2.65. The minimum absolute atomic E-state index is 0.0557. The number of benzene rings is 2. The van der Waals surface area contributed by atoms with Crippen molar-refractivity contribution >= 4 is 28.6 Å². The highest BCUT2D eigenvalue weighted by Crippen LogP contribution is 2.25. The first-order valence-corrected chi connectivity index (χ1v) is 8.30. The van der Waals surface area contributed by atoms with Crippen LogP contribution in [0.2, 0.25) is 0 Å². The molecule has 0 spiro atoms. The Labute approximate surface area is 161 Å². The number of nitrogen functional groups attached to an aromatic ring is 1. The zero-order chi connectivity index (χ0) is 20.3. The highest BCUT2D eigenvalue weighted by Gasteiger charge is 2.17. The summed E-state index contributed by atoms with van der Waals surface area (Å²) >= 11 is 0. The number of nitrogens with zero attached hydrogens (tertiary/aromatic N) is 2. The molecule has 3 aromatic rings. The molecule has 0 radical (unpaired) electrons. The van der Waals surface area contributed by atoms with Crippen molar-refractivity contribution in [3.8, 4) is 6.07 Å². The lowest BCUT2D eigenvalue weighted by Crippen LogP contribution is -2.15. The Kier molecular flexibility index (Phi) is 5.05. The van der Waals surface area contributed by atoms with Gasteiger partial charge in [0, 0.05) is 28.1 Å². The number of allylic oxidation sites excluding steroid dienone is 1. The van der Waals surface area contributed by atoms with Crippen LogP contribution in [0.4, 0.5) is 11.4 Å². The molecular formula is C21H17N5O2. The predicted octanol–water partition coefficient (Wildman–Crippen LogP) is 3.83. The molecule has 0 unspecified atom stereocenters. The van der Waals surface area contributed by atoms with Gasteiger partial charge in [-0.25, -0.2) is 4.98 Å². The van der Waals surface area contributed by atoms with Crippen LogP contribution in [0.5, 0.6) is 0 Å². The first-order chi connectivity index (χ1) is 13.4. The van der Waals surface area contributed by atoms with Crippen molar-refractivity contribution in [2.75, 3.05) is 11.1 Å². The molecule has 0 aliphatic carbocycles. The SMILES string of the molecule is C=C(C)c1c(C#N)cccc1C(=O)Nc1ccc(N)c(C(=N)c2cnco2)c1. The van der Waals surface area contributed by atoms with E-state index in [0.29, 0.717) is 39.2 Å². The molecule has 0 saturated heterocycles. The van der Waals surface area contributed by atoms with E-state index >= 15 is 0 Å². The van der Waals surface area contributed by atoms with Crippen LogP contribution in [-0.4, -0.2) is 16.6 Å². The van der Waals surface area contributed by atoms with Gasteiger partial charge >= 0.3 is 0 Å². The predicted molar refractivity (Wildman–Crippen MR) is 107 cm³/mol. The van der Waals surface area contributed by atoms with Crippen molar-refractivity contribution in [2.24, 2.45) is 0 Å². The lowest BCUT2D eigenvalue weighted by Gasteiger charge is -2.13. The second kappa shape index (κ2) is 7.60. The van der Waals surface area contributed by atoms with Gasteiger partial charge in [-0.3, -0.25) is 10.2 Å². The standard InChI is InChI=1S/C21H17N5O2/c1-12(2)19-13(9-22)4-3-5-15(19)21(27)26-14-6-7-17(23)16(8-14)20(24)18-10-25-11-28-18/h3-8,10-11,24H,1,23H2,2H3,(H,26,27). The van der Waals surface area contributed by atoms with E-state index < -0.39 is 5.91 Å². The number of nitrogens with one attached hydrogen (secondary N) is 2. The molecule has 0 aliphatic heterocycles. The molecular weight excluding hydrogens is 354 g/mol. The maximum Gasteiger partial charge on any atom is 0.256 e. The van der Waals surface area contributed by atoms with Gasteiger partial charge in [-0.1, -0.05) is 12.6 Å². The lowest BCUT2D eigenvalue weighted by molar-refractivity contribution is 0.102. The summed E-state index contributed by atoms with van der Waals surface area (Å²) < 4.78 is 5.14. The summed E-state index contributed by atoms with van der Waals surface area (Å²) in [5.41, 5.74) is 9.10. The number of oxazole rings is 1. The van der Waals surface area contributed by atoms with Crippen molar-refractivity contribution in [1.82, 2.24) is 4.98 Å². The number of carbonyl (C=O) groups is 1. The molecule has 1 aromatic heterocycles. The van der Waals surface area contributed by atoms with Gasteiger partial charge in [-0.05, 0) is 42.8 Å². The number of amides is 1. The molecule has 7 nitrogen and oxygen atoms in total. The zero-order valence-corrected chi connectivity index (χ0v) is 15.1. The van der Waals surface area contributed by atoms with Gasteiger partial charge in [0.2, 0.25) is 0 Å². The van der Waals surface area contributed by atoms with Crippen molar-refractivity contribution < 1.29 is 9.21 Å². The monoisotopic (exact) mass is 371 g/mol. The third kappa shape index (κ3) is 3.52. The molecule has 7 heteroatoms. The van der Waals surface area contributed by atoms with Crippen LogP contribution in [0.15, 0.2) is 60.0 Å². The molecule has 0 saturated carbocycles. The Bertz CT molecular complexity index is 1120. The second-order valence-corrected chi connectivity index (χ2v) is 6.12. The number of rotatable bonds is 5. The summed E-state index contributed by atoms with van der Waals surface area (Å²) in [6.45, 7) is 5.61. The summed E-state index contributed by atoms with van der Waals surface area (Å²) in [4.78, 5) is 16.6. The van der Waals surface area contributed by atoms with Crippen LogP contribution in [-0.2, 0) is 0 Å². The summed E-state index contributed by atoms with van der Waals surface area (Å²) in [5.74, 6) is -0.126. The maximum atomic E-state index is 12.8. The molecule has 0 aliphatic rings. The maximum absolute atomic E-state index is 12.8. The first kappa shape index (κ1) is 18.6. The molecule has 0 fully saturated rings. The van der Waals surface area contributed by atoms with Crippen molar-refractivity contribution in [2.45, 2.75) is 6.92 Å². The van der Waals surface area contributed by atoms with Crippen LogP contribution in [0.1, 0.15) is 39.7 Å². The van der Waals surface area contributed by atoms with E-state index in [-0.39, 0.29) is 11.5 Å². The van der Waals surface area contributed by atoms with E-state index in [1.54, 1.807) is 43.3 Å². The number of anilines is 2. The van der Waals surface area contributed by atoms with Gasteiger partial charge < -0.3 is 15.5 Å². The van der Waals surface area contributed by atoms with Crippen LogP contribution < -0.4 is 11.1 Å². The molecule has 1 amide bonds. The largest absolute Gasteiger partial charge is 0.442 e. The van der Waals surface area contributed by atoms with Gasteiger partial charge in [0.25, 0.3) is 5.91 Å². The number of nitriles is 1. The average Bonchev–Trinajstić information content (AvgIpc) is 3.22. The fourth-order valence-corrected chi connectivity index (χ4v) is 2.82. The molecule has 0 bridgehead atoms. The number of hydrogen-bond donors (Lipinski definition) is 3. The summed E-state index contributed by atoms with van der Waals surface area (Å²) in [6, 6.07) is 11.8. The number of aromatic nitrogens is 1. The van der Waals surface area contributed by atoms with Crippen LogP contribution in [0, 0.1) is 16.7 Å². The molecule has 1 heterocycles. The molecule has 0 atom stereocenters. The van der Waals surface area contributed by atoms with Gasteiger partial charge in [0.05, 0.1) is 17.8 Å². The average molecular weight is 371 g/mol. The third-order valence-electron chi connectivity index (χ3n) is 4.12. The van der Waals surface area contributed by atoms with E-state index in [1.807, 2.05) is 0 Å². The minimum atomic E-state index is -0.392. The number of hydrogen-bond acceptors (Lipinski definition) is 6. The van der Waals surface area contributed by atoms with Crippen LogP contribution in [0.3, 0.4) is 0 Å². The molecule has 2 aromatic carbocycles. The van der Waals surface area contributed by atoms with E-state index in [4.69, 9.17) is 15.6 Å². The van der Waals surface area contributed by atoms with Crippen molar-refractivity contribution in [1.29, 1.82) is 10.7 Å². The zero-order valence-electron chi connectivity index (χ0n) is 15.1. The smallest absolute Gasteiger partial charge is 0.256 e. The Hall–Kier alpha value is -4.18. The molecule has 3 rings (SSSR count). The highest BCUT2D eigenvalue weighted by atomic mass is 16.3. The van der Waals surface area contributed by atoms with Gasteiger partial charge in [-0.15, -0.1) is 0 Å². The van der Waals surface area contributed by atoms with Crippen LogP contribution in [0.25, 0.3) is 5.57 Å². The molecule has 138 valence electrons. The Balaban J connectivity index is 1.94. The second-order valence-electron chi connectivity index (χ2n) is 6.12. The van der Waals surface area contributed by atoms with Gasteiger partial charge in [0.15, 0.2) is 12.2 Å². The Morgan fingerprint density at radius 2 is 2.11 bits per heavy atom. The van der Waals surface area contributed by atoms with Crippen molar-refractivity contribution in [3.05, 3.63) is 83.6 Å². The van der Waals surface area contributed by atoms with Gasteiger partial charge in [-0.2, -0.15) is 5.26 Å².